The van der Waals surface area contributed by atoms with Crippen molar-refractivity contribution in [1.29, 1.82) is 0 Å². The zero-order valence-corrected chi connectivity index (χ0v) is 19.3. The summed E-state index contributed by atoms with van der Waals surface area (Å²) in [5, 5.41) is 14.1. The number of hydrogen-bond donors (Lipinski definition) is 0. The molecule has 10 heteroatoms. The third-order valence-corrected chi connectivity index (χ3v) is 6.78. The molecule has 0 unspecified atom stereocenters. The van der Waals surface area contributed by atoms with Gasteiger partial charge in [0, 0.05) is 21.7 Å². The molecule has 2 aliphatic rings. The molecule has 1 heterocycles. The predicted molar refractivity (Wildman–Crippen MR) is 121 cm³/mol. The van der Waals surface area contributed by atoms with E-state index in [4.69, 9.17) is 23.2 Å². The minimum atomic E-state index is -0.635. The number of hydrazine groups is 1. The summed E-state index contributed by atoms with van der Waals surface area (Å²) < 4.78 is 0. The summed E-state index contributed by atoms with van der Waals surface area (Å²) in [6.07, 6.45) is 1.95. The molecule has 172 valence electrons. The molecule has 2 aromatic carbocycles. The van der Waals surface area contributed by atoms with Gasteiger partial charge in [0.2, 0.25) is 0 Å². The normalized spacial score (nSPS) is 22.3. The van der Waals surface area contributed by atoms with Gasteiger partial charge in [-0.3, -0.25) is 24.5 Å². The maximum atomic E-state index is 13.5. The molecule has 3 amide bonds. The second kappa shape index (κ2) is 9.11. The molecule has 0 radical (unpaired) electrons. The van der Waals surface area contributed by atoms with Crippen molar-refractivity contribution < 1.29 is 19.3 Å². The molecule has 8 nitrogen and oxygen atoms in total. The topological polar surface area (TPSA) is 101 Å². The minimum Gasteiger partial charge on any atom is -0.272 e. The number of nitro groups is 1. The number of nitro benzene ring substituents is 1. The van der Waals surface area contributed by atoms with Crippen molar-refractivity contribution in [1.82, 2.24) is 10.0 Å². The predicted octanol–water partition coefficient (Wildman–Crippen LogP) is 4.88. The summed E-state index contributed by atoms with van der Waals surface area (Å²) in [5.74, 6) is -2.23. The average Bonchev–Trinajstić information content (AvgIpc) is 3.02. The monoisotopic (exact) mass is 489 g/mol. The van der Waals surface area contributed by atoms with Crippen LogP contribution in [0, 0.1) is 27.9 Å². The van der Waals surface area contributed by atoms with Crippen LogP contribution in [0.3, 0.4) is 0 Å². The number of carbonyl (C=O) groups is 3. The third kappa shape index (κ3) is 4.45. The summed E-state index contributed by atoms with van der Waals surface area (Å²) in [4.78, 5) is 51.1. The van der Waals surface area contributed by atoms with Crippen LogP contribution in [-0.4, -0.2) is 32.7 Å². The molecule has 0 spiro atoms. The molecule has 4 rings (SSSR count). The van der Waals surface area contributed by atoms with Crippen LogP contribution in [-0.2, 0) is 16.1 Å². The Kier molecular flexibility index (Phi) is 6.41. The molecule has 1 saturated carbocycles. The second-order valence-corrected chi connectivity index (χ2v) is 9.39. The van der Waals surface area contributed by atoms with Crippen molar-refractivity contribution >= 4 is 46.6 Å². The highest BCUT2D eigenvalue weighted by Gasteiger charge is 2.52. The lowest BCUT2D eigenvalue weighted by Gasteiger charge is -2.30. The summed E-state index contributed by atoms with van der Waals surface area (Å²) in [5.41, 5.74) is 0.0388. The largest absolute Gasteiger partial charge is 0.275 e. The van der Waals surface area contributed by atoms with Gasteiger partial charge in [0.25, 0.3) is 23.4 Å². The fraction of sp³-hybridized carbons (Fsp3) is 0.348. The van der Waals surface area contributed by atoms with Crippen LogP contribution in [0.15, 0.2) is 42.5 Å². The fourth-order valence-corrected chi connectivity index (χ4v) is 4.88. The molecule has 1 aliphatic carbocycles. The van der Waals surface area contributed by atoms with E-state index in [1.54, 1.807) is 0 Å². The van der Waals surface area contributed by atoms with Crippen molar-refractivity contribution in [3.8, 4) is 0 Å². The number of hydrogen-bond acceptors (Lipinski definition) is 5. The van der Waals surface area contributed by atoms with Crippen LogP contribution in [0.4, 0.5) is 5.69 Å². The summed E-state index contributed by atoms with van der Waals surface area (Å²) in [6.45, 7) is 1.69. The molecule has 0 N–H and O–H groups in total. The minimum absolute atomic E-state index is 0.149. The van der Waals surface area contributed by atoms with Crippen LogP contribution in [0.2, 0.25) is 10.0 Å². The first-order valence-electron chi connectivity index (χ1n) is 10.6. The Hall–Kier alpha value is -2.97. The van der Waals surface area contributed by atoms with E-state index in [0.717, 1.165) is 16.4 Å². The lowest BCUT2D eigenvalue weighted by atomic mass is 9.76. The number of imide groups is 1. The van der Waals surface area contributed by atoms with Gasteiger partial charge in [0.1, 0.15) is 0 Å². The maximum absolute atomic E-state index is 13.5. The molecule has 2 aromatic rings. The third-order valence-electron chi connectivity index (χ3n) is 6.30. The van der Waals surface area contributed by atoms with E-state index in [-0.39, 0.29) is 28.4 Å². The van der Waals surface area contributed by atoms with Gasteiger partial charge >= 0.3 is 0 Å². The van der Waals surface area contributed by atoms with E-state index in [2.05, 4.69) is 0 Å². The van der Waals surface area contributed by atoms with Gasteiger partial charge in [0.05, 0.1) is 28.9 Å². The lowest BCUT2D eigenvalue weighted by molar-refractivity contribution is -0.385. The van der Waals surface area contributed by atoms with Gasteiger partial charge in [-0.1, -0.05) is 30.1 Å². The van der Waals surface area contributed by atoms with Crippen LogP contribution in [0.1, 0.15) is 42.1 Å². The van der Waals surface area contributed by atoms with Crippen molar-refractivity contribution in [3.63, 3.8) is 0 Å². The SMILES string of the molecule is C[C@@H]1CC[C@@H]2C(=O)N(N(Cc3ccc(Cl)cc3[N+](=O)[O-])C(=O)c3ccc(Cl)cc3)C(=O)[C@H]2C1. The Morgan fingerprint density at radius 3 is 2.36 bits per heavy atom. The molecule has 33 heavy (non-hydrogen) atoms. The summed E-state index contributed by atoms with van der Waals surface area (Å²) >= 11 is 11.9. The number of rotatable bonds is 5. The Labute approximate surface area is 200 Å². The first kappa shape index (κ1) is 23.2. The first-order valence-corrected chi connectivity index (χ1v) is 11.3. The van der Waals surface area contributed by atoms with E-state index in [1.807, 2.05) is 6.92 Å². The standard InChI is InChI=1S/C23H21Cl2N3O5/c1-13-2-9-18-19(10-13)23(31)27(22(18)30)26(21(29)14-3-6-16(24)7-4-14)12-15-5-8-17(25)11-20(15)28(32)33/h3-8,11,13,18-19H,2,9-10,12H2,1H3/t13-,18+,19+/m1/s1. The summed E-state index contributed by atoms with van der Waals surface area (Å²) in [6, 6.07) is 10.1. The van der Waals surface area contributed by atoms with Gasteiger partial charge in [-0.15, -0.1) is 0 Å². The number of carbonyl (C=O) groups excluding carboxylic acids is 3. The lowest BCUT2D eigenvalue weighted by Crippen LogP contribution is -2.49. The maximum Gasteiger partial charge on any atom is 0.275 e. The molecule has 2 fully saturated rings. The van der Waals surface area contributed by atoms with E-state index in [1.165, 1.54) is 42.5 Å². The highest BCUT2D eigenvalue weighted by atomic mass is 35.5. The van der Waals surface area contributed by atoms with Crippen LogP contribution in [0.5, 0.6) is 0 Å². The van der Waals surface area contributed by atoms with Crippen LogP contribution in [0.25, 0.3) is 0 Å². The zero-order valence-electron chi connectivity index (χ0n) is 17.7. The Balaban J connectivity index is 1.76. The molecule has 1 saturated heterocycles. The van der Waals surface area contributed by atoms with Crippen LogP contribution >= 0.6 is 23.2 Å². The van der Waals surface area contributed by atoms with Crippen molar-refractivity contribution in [2.75, 3.05) is 0 Å². The van der Waals surface area contributed by atoms with E-state index in [0.29, 0.717) is 23.8 Å². The highest BCUT2D eigenvalue weighted by Crippen LogP contribution is 2.41. The summed E-state index contributed by atoms with van der Waals surface area (Å²) in [7, 11) is 0. The molecule has 1 aliphatic heterocycles. The van der Waals surface area contributed by atoms with Gasteiger partial charge in [-0.2, -0.15) is 5.01 Å². The Bertz CT molecular complexity index is 1140. The number of halogens is 2. The molecule has 0 bridgehead atoms. The highest BCUT2D eigenvalue weighted by molar-refractivity contribution is 6.31. The molecular weight excluding hydrogens is 469 g/mol. The Morgan fingerprint density at radius 2 is 1.70 bits per heavy atom. The molecular formula is C23H21Cl2N3O5. The quantitative estimate of drug-likeness (QED) is 0.338. The van der Waals surface area contributed by atoms with Crippen molar-refractivity contribution in [3.05, 3.63) is 73.8 Å². The second-order valence-electron chi connectivity index (χ2n) is 8.52. The average molecular weight is 490 g/mol. The van der Waals surface area contributed by atoms with Gasteiger partial charge in [-0.25, -0.2) is 5.01 Å². The molecule has 0 aromatic heterocycles. The number of fused-ring (bicyclic) bond motifs is 1. The fourth-order valence-electron chi connectivity index (χ4n) is 4.59. The number of nitrogens with zero attached hydrogens (tertiary/aromatic N) is 3. The number of amides is 3. The van der Waals surface area contributed by atoms with Crippen molar-refractivity contribution in [2.45, 2.75) is 32.7 Å². The number of benzene rings is 2. The van der Waals surface area contributed by atoms with Gasteiger partial charge in [0.15, 0.2) is 0 Å². The van der Waals surface area contributed by atoms with Crippen LogP contribution < -0.4 is 0 Å². The van der Waals surface area contributed by atoms with E-state index in [9.17, 15) is 24.5 Å². The van der Waals surface area contributed by atoms with Crippen molar-refractivity contribution in [2.24, 2.45) is 17.8 Å². The smallest absolute Gasteiger partial charge is 0.272 e. The van der Waals surface area contributed by atoms with E-state index >= 15 is 0 Å². The molecule has 3 atom stereocenters. The van der Waals surface area contributed by atoms with Gasteiger partial charge < -0.3 is 0 Å². The zero-order chi connectivity index (χ0) is 23.9. The first-order chi connectivity index (χ1) is 15.7. The Morgan fingerprint density at radius 1 is 1.06 bits per heavy atom. The van der Waals surface area contributed by atoms with E-state index < -0.39 is 34.5 Å². The van der Waals surface area contributed by atoms with Gasteiger partial charge in [-0.05, 0) is 61.6 Å².